The molecule has 72 valence electrons. The molecule has 1 aromatic rings. The van der Waals surface area contributed by atoms with Gasteiger partial charge in [0.25, 0.3) is 0 Å². The van der Waals surface area contributed by atoms with E-state index in [0.717, 1.165) is 16.9 Å². The molecule has 0 fully saturated rings. The quantitative estimate of drug-likeness (QED) is 0.556. The second-order valence-electron chi connectivity index (χ2n) is 2.09. The zero-order chi connectivity index (χ0) is 10.1. The first-order chi connectivity index (χ1) is 5.95. The van der Waals surface area contributed by atoms with Crippen LogP contribution >= 0.6 is 22.4 Å². The maximum Gasteiger partial charge on any atom is 0.417 e. The van der Waals surface area contributed by atoms with Gasteiger partial charge in [-0.2, -0.15) is 13.2 Å². The molecular formula is C6H2ClF3NS2-. The van der Waals surface area contributed by atoms with Crippen LogP contribution in [0.3, 0.4) is 0 Å². The SMILES string of the molecule is FC(F)(F)c1cnc(S[S-])c(Cl)c1. The van der Waals surface area contributed by atoms with E-state index in [9.17, 15) is 13.2 Å². The summed E-state index contributed by atoms with van der Waals surface area (Å²) in [5.41, 5.74) is -0.870. The van der Waals surface area contributed by atoms with Crippen LogP contribution in [-0.4, -0.2) is 4.98 Å². The van der Waals surface area contributed by atoms with Crippen LogP contribution in [0.4, 0.5) is 13.2 Å². The van der Waals surface area contributed by atoms with Crippen LogP contribution in [0.5, 0.6) is 0 Å². The van der Waals surface area contributed by atoms with E-state index in [1.54, 1.807) is 0 Å². The number of aromatic nitrogens is 1. The molecule has 0 radical (unpaired) electrons. The molecule has 1 rings (SSSR count). The van der Waals surface area contributed by atoms with Gasteiger partial charge < -0.3 is 11.7 Å². The maximum absolute atomic E-state index is 12.1. The highest BCUT2D eigenvalue weighted by Gasteiger charge is 2.31. The Morgan fingerprint density at radius 2 is 2.08 bits per heavy atom. The average Bonchev–Trinajstić information content (AvgIpc) is 2.02. The Morgan fingerprint density at radius 1 is 1.46 bits per heavy atom. The van der Waals surface area contributed by atoms with Gasteiger partial charge in [-0.25, -0.2) is 4.98 Å². The Morgan fingerprint density at radius 3 is 2.46 bits per heavy atom. The molecule has 0 aromatic carbocycles. The van der Waals surface area contributed by atoms with Crippen LogP contribution in [0.1, 0.15) is 5.56 Å². The Balaban J connectivity index is 3.10. The Hall–Kier alpha value is -0.0700. The molecule has 0 aliphatic carbocycles. The first kappa shape index (κ1) is 11.0. The zero-order valence-electron chi connectivity index (χ0n) is 5.93. The van der Waals surface area contributed by atoms with Crippen LogP contribution in [0, 0.1) is 0 Å². The topological polar surface area (TPSA) is 12.9 Å². The summed E-state index contributed by atoms with van der Waals surface area (Å²) in [5, 5.41) is 0.138. The van der Waals surface area contributed by atoms with E-state index >= 15 is 0 Å². The van der Waals surface area contributed by atoms with E-state index in [1.165, 1.54) is 0 Å². The van der Waals surface area contributed by atoms with Crippen LogP contribution in [0.25, 0.3) is 0 Å². The summed E-state index contributed by atoms with van der Waals surface area (Å²) < 4.78 is 36.2. The number of rotatable bonds is 1. The summed E-state index contributed by atoms with van der Waals surface area (Å²) in [6.45, 7) is 0. The van der Waals surface area contributed by atoms with Gasteiger partial charge in [0.05, 0.1) is 15.6 Å². The Labute approximate surface area is 86.5 Å². The summed E-state index contributed by atoms with van der Waals surface area (Å²) in [7, 11) is 0.788. The summed E-state index contributed by atoms with van der Waals surface area (Å²) in [6.07, 6.45) is -3.71. The molecule has 0 amide bonds. The molecule has 1 nitrogen and oxygen atoms in total. The number of halogens is 4. The molecule has 0 atom stereocenters. The van der Waals surface area contributed by atoms with E-state index in [1.807, 2.05) is 0 Å². The monoisotopic (exact) mass is 244 g/mol. The predicted molar refractivity (Wildman–Crippen MR) is 47.5 cm³/mol. The van der Waals surface area contributed by atoms with Crippen molar-refractivity contribution in [2.75, 3.05) is 0 Å². The van der Waals surface area contributed by atoms with Gasteiger partial charge in [-0.1, -0.05) is 11.6 Å². The molecule has 0 aliphatic heterocycles. The molecule has 0 saturated carbocycles. The van der Waals surface area contributed by atoms with Crippen molar-refractivity contribution in [3.8, 4) is 0 Å². The third-order valence-corrected chi connectivity index (χ3v) is 2.57. The second kappa shape index (κ2) is 3.98. The lowest BCUT2D eigenvalue weighted by atomic mass is 10.3. The number of nitrogens with zero attached hydrogens (tertiary/aromatic N) is 1. The smallest absolute Gasteiger partial charge is 0.417 e. The van der Waals surface area contributed by atoms with Gasteiger partial charge in [-0.05, 0) is 6.07 Å². The van der Waals surface area contributed by atoms with Crippen molar-refractivity contribution < 1.29 is 13.2 Å². The molecule has 1 heterocycles. The van der Waals surface area contributed by atoms with Crippen molar-refractivity contribution in [1.29, 1.82) is 0 Å². The Bertz CT molecular complexity index is 315. The van der Waals surface area contributed by atoms with Crippen molar-refractivity contribution >= 4 is 34.1 Å². The maximum atomic E-state index is 12.1. The standard InChI is InChI=1S/C6H3ClF3NS2/c7-4-1-3(6(8,9)10)2-11-5(4)13-12/h1-2,12H/p-1. The van der Waals surface area contributed by atoms with Crippen LogP contribution in [-0.2, 0) is 17.8 Å². The number of pyridine rings is 1. The predicted octanol–water partition coefficient (Wildman–Crippen LogP) is 3.31. The van der Waals surface area contributed by atoms with E-state index in [4.69, 9.17) is 11.6 Å². The zero-order valence-corrected chi connectivity index (χ0v) is 8.32. The summed E-state index contributed by atoms with van der Waals surface area (Å²) in [6, 6.07) is 0.809. The average molecular weight is 245 g/mol. The van der Waals surface area contributed by atoms with Crippen LogP contribution in [0.15, 0.2) is 17.3 Å². The summed E-state index contributed by atoms with van der Waals surface area (Å²) >= 11 is 10.0. The fraction of sp³-hybridized carbons (Fsp3) is 0.167. The van der Waals surface area contributed by atoms with Crippen LogP contribution in [0.2, 0.25) is 5.02 Å². The highest BCUT2D eigenvalue weighted by molar-refractivity contribution is 8.59. The number of alkyl halides is 3. The Kier molecular flexibility index (Phi) is 3.37. The highest BCUT2D eigenvalue weighted by Crippen LogP contribution is 2.33. The normalized spacial score (nSPS) is 11.8. The molecule has 0 spiro atoms. The molecule has 0 saturated heterocycles. The minimum atomic E-state index is -4.42. The van der Waals surface area contributed by atoms with Gasteiger partial charge in [0.15, 0.2) is 0 Å². The van der Waals surface area contributed by atoms with E-state index in [0.29, 0.717) is 6.20 Å². The number of hydrogen-bond acceptors (Lipinski definition) is 3. The molecule has 0 aliphatic rings. The first-order valence-electron chi connectivity index (χ1n) is 2.97. The molecule has 1 aromatic heterocycles. The third kappa shape index (κ3) is 2.69. The fourth-order valence-electron chi connectivity index (χ4n) is 0.642. The van der Waals surface area contributed by atoms with Gasteiger partial charge in [-0.3, -0.25) is 10.8 Å². The summed E-state index contributed by atoms with van der Waals surface area (Å²) in [5.74, 6) is 0. The molecule has 0 unspecified atom stereocenters. The van der Waals surface area contributed by atoms with Crippen LogP contribution < -0.4 is 0 Å². The second-order valence-corrected chi connectivity index (χ2v) is 3.55. The van der Waals surface area contributed by atoms with Crippen molar-refractivity contribution in [3.05, 3.63) is 22.8 Å². The molecule has 0 N–H and O–H groups in total. The highest BCUT2D eigenvalue weighted by atomic mass is 35.5. The van der Waals surface area contributed by atoms with Crippen molar-refractivity contribution in [3.63, 3.8) is 0 Å². The summed E-state index contributed by atoms with van der Waals surface area (Å²) in [4.78, 5) is 3.47. The molecule has 7 heteroatoms. The first-order valence-corrected chi connectivity index (χ1v) is 5.09. The van der Waals surface area contributed by atoms with Crippen molar-refractivity contribution in [1.82, 2.24) is 4.98 Å². The molecular weight excluding hydrogens is 243 g/mol. The van der Waals surface area contributed by atoms with Gasteiger partial charge in [0.1, 0.15) is 0 Å². The lowest BCUT2D eigenvalue weighted by Gasteiger charge is -2.10. The van der Waals surface area contributed by atoms with Crippen molar-refractivity contribution in [2.45, 2.75) is 11.2 Å². The minimum absolute atomic E-state index is 0.0742. The largest absolute Gasteiger partial charge is 0.712 e. The van der Waals surface area contributed by atoms with E-state index < -0.39 is 11.7 Å². The number of hydrogen-bond donors (Lipinski definition) is 0. The van der Waals surface area contributed by atoms with Gasteiger partial charge >= 0.3 is 6.18 Å². The lowest BCUT2D eigenvalue weighted by molar-refractivity contribution is -0.137. The van der Waals surface area contributed by atoms with Gasteiger partial charge in [0.2, 0.25) is 0 Å². The minimum Gasteiger partial charge on any atom is -0.712 e. The molecule has 0 bridgehead atoms. The van der Waals surface area contributed by atoms with Gasteiger partial charge in [0, 0.05) is 6.20 Å². The third-order valence-electron chi connectivity index (χ3n) is 1.21. The lowest BCUT2D eigenvalue weighted by Crippen LogP contribution is -2.05. The van der Waals surface area contributed by atoms with Gasteiger partial charge in [-0.15, -0.1) is 0 Å². The fourth-order valence-corrected chi connectivity index (χ4v) is 1.69. The van der Waals surface area contributed by atoms with Crippen molar-refractivity contribution in [2.24, 2.45) is 0 Å². The molecule has 13 heavy (non-hydrogen) atoms. The van der Waals surface area contributed by atoms with E-state index in [2.05, 4.69) is 16.6 Å². The van der Waals surface area contributed by atoms with E-state index in [-0.39, 0.29) is 10.0 Å².